The monoisotopic (exact) mass is 669 g/mol. The lowest BCUT2D eigenvalue weighted by atomic mass is 10.0. The Bertz CT molecular complexity index is 1540. The van der Waals surface area contributed by atoms with Crippen LogP contribution in [0.3, 0.4) is 0 Å². The van der Waals surface area contributed by atoms with E-state index in [1.807, 2.05) is 0 Å². The number of benzene rings is 2. The molecule has 2 N–H and O–H groups in total. The molecule has 2 aromatic carbocycles. The SMILES string of the molecule is CC(C)C.Cc1ccc(-c2cccc(C(=O)CC(=O)Nc3cc(C(F)(F)F)c(OCC(F)(F)F)cc3NC(=O)OC(C)(C)C)c2)cn1. The number of Topliss-reactive ketones (excluding diaryl/α,β-unsaturated/α-hetero) is 1. The van der Waals surface area contributed by atoms with Gasteiger partial charge in [0, 0.05) is 29.1 Å². The maximum Gasteiger partial charge on any atom is 0.422 e. The van der Waals surface area contributed by atoms with E-state index in [-0.39, 0.29) is 5.56 Å². The van der Waals surface area contributed by atoms with Crippen molar-refractivity contribution in [2.24, 2.45) is 5.92 Å². The molecule has 0 aliphatic rings. The van der Waals surface area contributed by atoms with Crippen molar-refractivity contribution in [2.45, 2.75) is 72.8 Å². The molecule has 0 aliphatic heterocycles. The Labute approximate surface area is 268 Å². The van der Waals surface area contributed by atoms with Gasteiger partial charge in [0.15, 0.2) is 12.4 Å². The number of nitrogens with zero attached hydrogens (tertiary/aromatic N) is 1. The molecular formula is C33H37F6N3O5. The molecule has 0 fully saturated rings. The molecule has 256 valence electrons. The first kappa shape index (κ1) is 38.6. The van der Waals surface area contributed by atoms with E-state index in [2.05, 4.69) is 41.1 Å². The number of carbonyl (C=O) groups excluding carboxylic acids is 3. The van der Waals surface area contributed by atoms with Gasteiger partial charge in [-0.15, -0.1) is 0 Å². The Hall–Kier alpha value is -4.62. The average Bonchev–Trinajstić information content (AvgIpc) is 2.91. The van der Waals surface area contributed by atoms with Crippen molar-refractivity contribution in [3.63, 3.8) is 0 Å². The van der Waals surface area contributed by atoms with Gasteiger partial charge in [0.25, 0.3) is 0 Å². The fraction of sp³-hybridized carbons (Fsp3) is 0.394. The van der Waals surface area contributed by atoms with Gasteiger partial charge in [-0.3, -0.25) is 19.9 Å². The van der Waals surface area contributed by atoms with Gasteiger partial charge in [-0.05, 0) is 57.4 Å². The standard InChI is InChI=1S/C29H27F6N3O5.C4H10/c1-16-8-9-19(14-36-16)17-6-5-7-18(10-17)23(39)13-25(40)37-21-11-20(29(33,34)35)24(42-15-28(30,31)32)12-22(21)38-26(41)43-27(2,3)4;1-4(2)3/h5-12,14H,13,15H2,1-4H3,(H,37,40)(H,38,41);4H,1-3H3. The summed E-state index contributed by atoms with van der Waals surface area (Å²) in [5, 5.41) is 4.23. The third-order valence-corrected chi connectivity index (χ3v) is 5.48. The lowest BCUT2D eigenvalue weighted by Gasteiger charge is -2.22. The quantitative estimate of drug-likeness (QED) is 0.141. The second-order valence-electron chi connectivity index (χ2n) is 12.1. The van der Waals surface area contributed by atoms with Crippen LogP contribution in [0, 0.1) is 12.8 Å². The molecule has 0 spiro atoms. The smallest absolute Gasteiger partial charge is 0.422 e. The number of rotatable bonds is 8. The molecule has 0 radical (unpaired) electrons. The highest BCUT2D eigenvalue weighted by Gasteiger charge is 2.38. The second kappa shape index (κ2) is 15.8. The Balaban J connectivity index is 0.00000181. The minimum atomic E-state index is -5.22. The summed E-state index contributed by atoms with van der Waals surface area (Å²) in [6.45, 7) is 10.7. The number of amides is 2. The predicted molar refractivity (Wildman–Crippen MR) is 165 cm³/mol. The third kappa shape index (κ3) is 13.7. The lowest BCUT2D eigenvalue weighted by Crippen LogP contribution is -2.28. The van der Waals surface area contributed by atoms with E-state index >= 15 is 0 Å². The number of ketones is 1. The van der Waals surface area contributed by atoms with E-state index in [4.69, 9.17) is 4.74 Å². The van der Waals surface area contributed by atoms with E-state index in [9.17, 15) is 40.7 Å². The zero-order valence-electron chi connectivity index (χ0n) is 26.9. The minimum absolute atomic E-state index is 0.132. The summed E-state index contributed by atoms with van der Waals surface area (Å²) in [7, 11) is 0. The highest BCUT2D eigenvalue weighted by Crippen LogP contribution is 2.42. The van der Waals surface area contributed by atoms with Crippen LogP contribution < -0.4 is 15.4 Å². The molecule has 47 heavy (non-hydrogen) atoms. The van der Waals surface area contributed by atoms with Gasteiger partial charge in [0.1, 0.15) is 11.4 Å². The molecule has 0 saturated carbocycles. The van der Waals surface area contributed by atoms with Crippen molar-refractivity contribution < 1.29 is 50.2 Å². The van der Waals surface area contributed by atoms with Crippen molar-refractivity contribution in [3.8, 4) is 16.9 Å². The molecule has 3 rings (SSSR count). The van der Waals surface area contributed by atoms with Gasteiger partial charge in [-0.1, -0.05) is 45.0 Å². The summed E-state index contributed by atoms with van der Waals surface area (Å²) in [6.07, 6.45) is -10.6. The lowest BCUT2D eigenvalue weighted by molar-refractivity contribution is -0.158. The molecule has 0 atom stereocenters. The molecule has 2 amide bonds. The first-order valence-electron chi connectivity index (χ1n) is 14.3. The van der Waals surface area contributed by atoms with E-state index in [1.165, 1.54) is 32.9 Å². The molecule has 8 nitrogen and oxygen atoms in total. The molecule has 1 aromatic heterocycles. The summed E-state index contributed by atoms with van der Waals surface area (Å²) in [5.74, 6) is -2.16. The number of alkyl halides is 6. The van der Waals surface area contributed by atoms with Crippen molar-refractivity contribution in [1.29, 1.82) is 0 Å². The van der Waals surface area contributed by atoms with Gasteiger partial charge in [-0.25, -0.2) is 4.79 Å². The van der Waals surface area contributed by atoms with Crippen LogP contribution >= 0.6 is 0 Å². The van der Waals surface area contributed by atoms with Crippen LogP contribution in [-0.4, -0.2) is 41.2 Å². The molecule has 0 unspecified atom stereocenters. The fourth-order valence-electron chi connectivity index (χ4n) is 3.65. The fourth-order valence-corrected chi connectivity index (χ4v) is 3.65. The van der Waals surface area contributed by atoms with Gasteiger partial charge in [-0.2, -0.15) is 26.3 Å². The van der Waals surface area contributed by atoms with E-state index < -0.39 is 71.5 Å². The Morgan fingerprint density at radius 1 is 0.851 bits per heavy atom. The number of aromatic nitrogens is 1. The summed E-state index contributed by atoms with van der Waals surface area (Å²) >= 11 is 0. The van der Waals surface area contributed by atoms with Gasteiger partial charge in [0.05, 0.1) is 23.4 Å². The zero-order chi connectivity index (χ0) is 35.7. The number of hydrogen-bond acceptors (Lipinski definition) is 6. The van der Waals surface area contributed by atoms with E-state index in [0.29, 0.717) is 23.3 Å². The number of pyridine rings is 1. The maximum atomic E-state index is 13.8. The number of halogens is 6. The van der Waals surface area contributed by atoms with Gasteiger partial charge >= 0.3 is 18.4 Å². The van der Waals surface area contributed by atoms with Gasteiger partial charge < -0.3 is 14.8 Å². The topological polar surface area (TPSA) is 107 Å². The average molecular weight is 670 g/mol. The first-order chi connectivity index (χ1) is 21.5. The summed E-state index contributed by atoms with van der Waals surface area (Å²) in [4.78, 5) is 42.3. The predicted octanol–water partition coefficient (Wildman–Crippen LogP) is 9.24. The highest BCUT2D eigenvalue weighted by atomic mass is 19.4. The molecule has 1 heterocycles. The largest absolute Gasteiger partial charge is 0.483 e. The number of ether oxygens (including phenoxy) is 2. The zero-order valence-corrected chi connectivity index (χ0v) is 26.9. The normalized spacial score (nSPS) is 11.7. The Kier molecular flexibility index (Phi) is 13.0. The number of hydrogen-bond donors (Lipinski definition) is 2. The number of anilines is 2. The van der Waals surface area contributed by atoms with Crippen molar-refractivity contribution >= 4 is 29.2 Å². The number of aryl methyl sites for hydroxylation is 1. The van der Waals surface area contributed by atoms with Gasteiger partial charge in [0.2, 0.25) is 5.91 Å². The van der Waals surface area contributed by atoms with Crippen LogP contribution in [0.15, 0.2) is 54.7 Å². The maximum absolute atomic E-state index is 13.8. The Morgan fingerprint density at radius 2 is 1.47 bits per heavy atom. The van der Waals surface area contributed by atoms with Crippen LogP contribution in [0.25, 0.3) is 11.1 Å². The van der Waals surface area contributed by atoms with Crippen LogP contribution in [-0.2, 0) is 15.7 Å². The van der Waals surface area contributed by atoms with Crippen molar-refractivity contribution in [1.82, 2.24) is 4.98 Å². The van der Waals surface area contributed by atoms with E-state index in [0.717, 1.165) is 11.6 Å². The first-order valence-corrected chi connectivity index (χ1v) is 14.3. The summed E-state index contributed by atoms with van der Waals surface area (Å²) in [6, 6.07) is 10.6. The van der Waals surface area contributed by atoms with Crippen LogP contribution in [0.5, 0.6) is 5.75 Å². The minimum Gasteiger partial charge on any atom is -0.483 e. The van der Waals surface area contributed by atoms with Crippen LogP contribution in [0.1, 0.15) is 69.6 Å². The van der Waals surface area contributed by atoms with Crippen molar-refractivity contribution in [2.75, 3.05) is 17.2 Å². The molecule has 0 saturated heterocycles. The highest BCUT2D eigenvalue weighted by molar-refractivity contribution is 6.12. The molecule has 0 aliphatic carbocycles. The van der Waals surface area contributed by atoms with Crippen LogP contribution in [0.2, 0.25) is 0 Å². The van der Waals surface area contributed by atoms with E-state index in [1.54, 1.807) is 37.4 Å². The molecule has 14 heteroatoms. The van der Waals surface area contributed by atoms with Crippen molar-refractivity contribution in [3.05, 3.63) is 71.5 Å². The molecular weight excluding hydrogens is 632 g/mol. The number of nitrogens with one attached hydrogen (secondary N) is 2. The third-order valence-electron chi connectivity index (χ3n) is 5.48. The molecule has 0 bridgehead atoms. The summed E-state index contributed by atoms with van der Waals surface area (Å²) in [5.41, 5.74) is -1.68. The summed E-state index contributed by atoms with van der Waals surface area (Å²) < 4.78 is 89.0. The second-order valence-corrected chi connectivity index (χ2v) is 12.1. The Morgan fingerprint density at radius 3 is 2.00 bits per heavy atom. The number of carbonyl (C=O) groups is 3. The molecule has 3 aromatic rings. The van der Waals surface area contributed by atoms with Crippen LogP contribution in [0.4, 0.5) is 42.5 Å².